The van der Waals surface area contributed by atoms with Crippen LogP contribution in [0, 0.1) is 0 Å². The molecule has 0 fully saturated rings. The second kappa shape index (κ2) is 17.2. The summed E-state index contributed by atoms with van der Waals surface area (Å²) in [7, 11) is 0. The number of rotatable bonds is 9. The first-order chi connectivity index (χ1) is 33.2. The maximum Gasteiger partial charge on any atom is 0.0721 e. The Balaban J connectivity index is 1.08. The van der Waals surface area contributed by atoms with Gasteiger partial charge in [0.05, 0.1) is 33.8 Å². The van der Waals surface area contributed by atoms with Crippen LogP contribution in [0.4, 0.5) is 0 Å². The van der Waals surface area contributed by atoms with Crippen molar-refractivity contribution in [1.29, 1.82) is 0 Å². The second-order valence-electron chi connectivity index (χ2n) is 16.9. The molecule has 0 atom stereocenters. The Labute approximate surface area is 390 Å². The van der Waals surface area contributed by atoms with Crippen LogP contribution >= 0.6 is 0 Å². The Bertz CT molecular complexity index is 3560. The molecule has 3 heterocycles. The zero-order chi connectivity index (χ0) is 44.5. The number of aromatic nitrogens is 3. The third kappa shape index (κ3) is 7.59. The van der Waals surface area contributed by atoms with Gasteiger partial charge >= 0.3 is 0 Å². The van der Waals surface area contributed by atoms with E-state index < -0.39 is 0 Å². The molecule has 0 saturated heterocycles. The minimum Gasteiger partial charge on any atom is -0.309 e. The fourth-order valence-electron chi connectivity index (χ4n) is 9.59. The van der Waals surface area contributed by atoms with Crippen LogP contribution in [0.3, 0.4) is 0 Å². The third-order valence-corrected chi connectivity index (χ3v) is 12.8. The molecular weight excluding hydrogens is 811 g/mol. The third-order valence-electron chi connectivity index (χ3n) is 12.8. The molecule has 0 aliphatic rings. The Morgan fingerprint density at radius 3 is 1.16 bits per heavy atom. The molecule has 0 aliphatic heterocycles. The van der Waals surface area contributed by atoms with Gasteiger partial charge in [-0.1, -0.05) is 206 Å². The van der Waals surface area contributed by atoms with Gasteiger partial charge in [0, 0.05) is 38.7 Å². The summed E-state index contributed by atoms with van der Waals surface area (Å²) in [6.07, 6.45) is 0. The van der Waals surface area contributed by atoms with Crippen LogP contribution in [0.25, 0.3) is 117 Å². The van der Waals surface area contributed by atoms with Gasteiger partial charge in [-0.15, -0.1) is 0 Å². The average Bonchev–Trinajstić information content (AvgIpc) is 3.76. The number of nitrogens with zero attached hydrogens (tertiary/aromatic N) is 3. The van der Waals surface area contributed by atoms with Crippen molar-refractivity contribution in [3.63, 3.8) is 0 Å². The van der Waals surface area contributed by atoms with Crippen molar-refractivity contribution in [2.24, 2.45) is 0 Å². The minimum absolute atomic E-state index is 0.905. The van der Waals surface area contributed by atoms with Crippen molar-refractivity contribution in [3.8, 4) is 95.2 Å². The Morgan fingerprint density at radius 1 is 0.224 bits per heavy atom. The van der Waals surface area contributed by atoms with Gasteiger partial charge in [0.2, 0.25) is 0 Å². The van der Waals surface area contributed by atoms with Crippen molar-refractivity contribution >= 4 is 21.8 Å². The lowest BCUT2D eigenvalue weighted by Crippen LogP contribution is -1.97. The number of hydrogen-bond donors (Lipinski definition) is 0. The summed E-state index contributed by atoms with van der Waals surface area (Å²) in [5.74, 6) is 0. The summed E-state index contributed by atoms with van der Waals surface area (Å²) >= 11 is 0. The topological polar surface area (TPSA) is 30.7 Å². The highest BCUT2D eigenvalue weighted by Gasteiger charge is 2.19. The average molecular weight is 854 g/mol. The summed E-state index contributed by atoms with van der Waals surface area (Å²) < 4.78 is 2.39. The molecule has 3 heteroatoms. The second-order valence-corrected chi connectivity index (χ2v) is 16.9. The van der Waals surface area contributed by atoms with E-state index >= 15 is 0 Å². The molecule has 3 nitrogen and oxygen atoms in total. The molecule has 0 unspecified atom stereocenters. The zero-order valence-corrected chi connectivity index (χ0v) is 36.7. The maximum atomic E-state index is 5.47. The van der Waals surface area contributed by atoms with Crippen molar-refractivity contribution in [1.82, 2.24) is 14.5 Å². The summed E-state index contributed by atoms with van der Waals surface area (Å²) in [5, 5.41) is 2.47. The Morgan fingerprint density at radius 2 is 0.627 bits per heavy atom. The van der Waals surface area contributed by atoms with Gasteiger partial charge < -0.3 is 4.57 Å². The highest BCUT2D eigenvalue weighted by atomic mass is 15.0. The van der Waals surface area contributed by atoms with Crippen LogP contribution in [0.5, 0.6) is 0 Å². The van der Waals surface area contributed by atoms with Crippen molar-refractivity contribution < 1.29 is 0 Å². The van der Waals surface area contributed by atoms with Crippen molar-refractivity contribution in [2.75, 3.05) is 0 Å². The predicted octanol–water partition coefficient (Wildman–Crippen LogP) is 16.9. The van der Waals surface area contributed by atoms with E-state index in [1.54, 1.807) is 0 Å². The Kier molecular flexibility index (Phi) is 10.2. The van der Waals surface area contributed by atoms with Crippen LogP contribution in [-0.4, -0.2) is 14.5 Å². The van der Waals surface area contributed by atoms with Gasteiger partial charge in [-0.05, 0) is 99.1 Å². The molecular formula is C64H43N3. The van der Waals surface area contributed by atoms with E-state index in [-0.39, 0.29) is 0 Å². The molecule has 9 aromatic carbocycles. The quantitative estimate of drug-likeness (QED) is 0.145. The monoisotopic (exact) mass is 853 g/mol. The molecule has 0 radical (unpaired) electrons. The van der Waals surface area contributed by atoms with E-state index in [9.17, 15) is 0 Å². The molecule has 314 valence electrons. The van der Waals surface area contributed by atoms with Crippen molar-refractivity contribution in [3.05, 3.63) is 261 Å². The summed E-state index contributed by atoms with van der Waals surface area (Å²) in [4.78, 5) is 10.9. The fourth-order valence-corrected chi connectivity index (χ4v) is 9.59. The minimum atomic E-state index is 0.905. The van der Waals surface area contributed by atoms with Crippen LogP contribution in [-0.2, 0) is 0 Å². The maximum absolute atomic E-state index is 5.47. The van der Waals surface area contributed by atoms with E-state index in [2.05, 4.69) is 265 Å². The SMILES string of the molecule is c1ccc(-c2cc(-c3ccccc3)nc(-c3ccccc3-c3ccc(-c4cc(-c5ccccc5)cc(-c5ccccc5)n4)c(-c4cccc(-n5c6ccccc6c6ccccc65)c4)c3)c2)cc1. The number of fused-ring (bicyclic) bond motifs is 3. The van der Waals surface area contributed by atoms with E-state index in [1.165, 1.54) is 21.8 Å². The van der Waals surface area contributed by atoms with E-state index in [0.717, 1.165) is 95.2 Å². The van der Waals surface area contributed by atoms with Gasteiger partial charge in [-0.3, -0.25) is 0 Å². The normalized spacial score (nSPS) is 11.3. The molecule has 0 amide bonds. The molecule has 0 N–H and O–H groups in total. The summed E-state index contributed by atoms with van der Waals surface area (Å²) in [5.41, 5.74) is 20.3. The highest BCUT2D eigenvalue weighted by molar-refractivity contribution is 6.09. The van der Waals surface area contributed by atoms with Crippen LogP contribution < -0.4 is 0 Å². The van der Waals surface area contributed by atoms with Crippen LogP contribution in [0.1, 0.15) is 0 Å². The van der Waals surface area contributed by atoms with Gasteiger partial charge in [-0.25, -0.2) is 9.97 Å². The largest absolute Gasteiger partial charge is 0.309 e. The highest BCUT2D eigenvalue weighted by Crippen LogP contribution is 2.42. The van der Waals surface area contributed by atoms with Gasteiger partial charge in [0.15, 0.2) is 0 Å². The van der Waals surface area contributed by atoms with Gasteiger partial charge in [0.1, 0.15) is 0 Å². The lowest BCUT2D eigenvalue weighted by atomic mass is 9.89. The first-order valence-electron chi connectivity index (χ1n) is 22.8. The summed E-state index contributed by atoms with van der Waals surface area (Å²) in [6.45, 7) is 0. The molecule has 12 aromatic rings. The fraction of sp³-hybridized carbons (Fsp3) is 0. The smallest absolute Gasteiger partial charge is 0.0721 e. The zero-order valence-electron chi connectivity index (χ0n) is 36.7. The molecule has 0 aliphatic carbocycles. The number of para-hydroxylation sites is 2. The molecule has 12 rings (SSSR count). The van der Waals surface area contributed by atoms with E-state index in [1.807, 2.05) is 0 Å². The number of hydrogen-bond acceptors (Lipinski definition) is 2. The molecule has 3 aromatic heterocycles. The van der Waals surface area contributed by atoms with Gasteiger partial charge in [0.25, 0.3) is 0 Å². The molecule has 0 spiro atoms. The summed E-state index contributed by atoms with van der Waals surface area (Å²) in [6, 6.07) is 93.0. The molecule has 0 saturated carbocycles. The Hall–Kier alpha value is -8.92. The standard InChI is InChI=1S/C64H43N3/c1-5-20-44(21-6-1)50-40-59(46-24-9-3-10-25-46)65-61(42-50)54-31-14-13-30-53(54)49-36-37-55(62-43-51(45-22-7-2-8-23-45)41-60(66-62)47-26-11-4-12-27-47)58(39-49)48-28-19-29-52(38-48)67-63-34-17-15-32-56(63)57-33-16-18-35-64(57)67/h1-43H. The first-order valence-corrected chi connectivity index (χ1v) is 22.8. The first kappa shape index (κ1) is 39.7. The lowest BCUT2D eigenvalue weighted by Gasteiger charge is -2.18. The number of benzene rings is 9. The van der Waals surface area contributed by atoms with Gasteiger partial charge in [-0.2, -0.15) is 0 Å². The van der Waals surface area contributed by atoms with E-state index in [4.69, 9.17) is 9.97 Å². The molecule has 0 bridgehead atoms. The lowest BCUT2D eigenvalue weighted by molar-refractivity contribution is 1.18. The number of pyridine rings is 2. The van der Waals surface area contributed by atoms with Crippen LogP contribution in [0.15, 0.2) is 261 Å². The predicted molar refractivity (Wildman–Crippen MR) is 280 cm³/mol. The molecule has 67 heavy (non-hydrogen) atoms. The van der Waals surface area contributed by atoms with Crippen molar-refractivity contribution in [2.45, 2.75) is 0 Å². The van der Waals surface area contributed by atoms with E-state index in [0.29, 0.717) is 0 Å². The van der Waals surface area contributed by atoms with Crippen LogP contribution in [0.2, 0.25) is 0 Å².